The number of nitrogens with zero attached hydrogens (tertiary/aromatic N) is 1. The predicted molar refractivity (Wildman–Crippen MR) is 56.0 cm³/mol. The third-order valence-electron chi connectivity index (χ3n) is 2.33. The summed E-state index contributed by atoms with van der Waals surface area (Å²) in [6.07, 6.45) is 2.98. The molecule has 0 atom stereocenters. The minimum absolute atomic E-state index is 0.344. The molecule has 1 aliphatic rings. The molecule has 15 heavy (non-hydrogen) atoms. The Balaban J connectivity index is 2.21. The molecule has 3 heteroatoms. The van der Waals surface area contributed by atoms with Crippen LogP contribution in [-0.2, 0) is 6.42 Å². The van der Waals surface area contributed by atoms with Gasteiger partial charge in [0.15, 0.2) is 11.5 Å². The molecule has 1 aliphatic carbocycles. The van der Waals surface area contributed by atoms with Gasteiger partial charge in [0.05, 0.1) is 25.7 Å². The van der Waals surface area contributed by atoms with E-state index in [4.69, 9.17) is 14.7 Å². The van der Waals surface area contributed by atoms with Crippen LogP contribution in [0.2, 0.25) is 0 Å². The van der Waals surface area contributed by atoms with Gasteiger partial charge < -0.3 is 9.47 Å². The number of methoxy groups -OCH3 is 1. The maximum atomic E-state index is 8.61. The molecule has 0 N–H and O–H groups in total. The number of hydrogen-bond donors (Lipinski definition) is 0. The quantitative estimate of drug-likeness (QED) is 0.754. The molecule has 1 saturated carbocycles. The first-order valence-electron chi connectivity index (χ1n) is 5.04. The molecule has 0 bridgehead atoms. The smallest absolute Gasteiger partial charge is 0.161 e. The van der Waals surface area contributed by atoms with Crippen LogP contribution in [0, 0.1) is 11.3 Å². The van der Waals surface area contributed by atoms with Gasteiger partial charge in [0.1, 0.15) is 0 Å². The maximum absolute atomic E-state index is 8.61. The van der Waals surface area contributed by atoms with Crippen molar-refractivity contribution in [2.45, 2.75) is 25.4 Å². The fourth-order valence-corrected chi connectivity index (χ4v) is 1.38. The zero-order valence-corrected chi connectivity index (χ0v) is 8.69. The third-order valence-corrected chi connectivity index (χ3v) is 2.33. The van der Waals surface area contributed by atoms with Gasteiger partial charge in [-0.1, -0.05) is 6.07 Å². The molecule has 1 fully saturated rings. The van der Waals surface area contributed by atoms with Crippen LogP contribution < -0.4 is 9.47 Å². The Bertz CT molecular complexity index is 391. The second-order valence-electron chi connectivity index (χ2n) is 3.64. The van der Waals surface area contributed by atoms with Gasteiger partial charge >= 0.3 is 0 Å². The summed E-state index contributed by atoms with van der Waals surface area (Å²) in [6.45, 7) is 0. The van der Waals surface area contributed by atoms with Crippen LogP contribution in [-0.4, -0.2) is 13.2 Å². The molecule has 1 aromatic carbocycles. The molecular formula is C12H13NO2. The average molecular weight is 203 g/mol. The van der Waals surface area contributed by atoms with Gasteiger partial charge in [-0.2, -0.15) is 5.26 Å². The first kappa shape index (κ1) is 9.85. The van der Waals surface area contributed by atoms with E-state index in [1.807, 2.05) is 18.2 Å². The van der Waals surface area contributed by atoms with Crippen molar-refractivity contribution in [1.29, 1.82) is 5.26 Å². The monoisotopic (exact) mass is 203 g/mol. The van der Waals surface area contributed by atoms with E-state index in [1.165, 1.54) is 0 Å². The lowest BCUT2D eigenvalue weighted by molar-refractivity contribution is 0.282. The highest BCUT2D eigenvalue weighted by molar-refractivity contribution is 5.43. The molecule has 0 heterocycles. The van der Waals surface area contributed by atoms with E-state index in [1.54, 1.807) is 7.11 Å². The number of ether oxygens (including phenoxy) is 2. The van der Waals surface area contributed by atoms with Crippen molar-refractivity contribution in [2.75, 3.05) is 7.11 Å². The number of rotatable bonds is 4. The normalized spacial score (nSPS) is 14.4. The van der Waals surface area contributed by atoms with Crippen molar-refractivity contribution in [2.24, 2.45) is 0 Å². The van der Waals surface area contributed by atoms with E-state index in [0.29, 0.717) is 12.5 Å². The summed E-state index contributed by atoms with van der Waals surface area (Å²) in [6, 6.07) is 7.75. The highest BCUT2D eigenvalue weighted by Crippen LogP contribution is 2.34. The van der Waals surface area contributed by atoms with Crippen molar-refractivity contribution in [1.82, 2.24) is 0 Å². The van der Waals surface area contributed by atoms with Crippen molar-refractivity contribution in [3.63, 3.8) is 0 Å². The zero-order chi connectivity index (χ0) is 10.7. The molecule has 0 radical (unpaired) electrons. The van der Waals surface area contributed by atoms with Crippen molar-refractivity contribution in [3.8, 4) is 17.6 Å². The van der Waals surface area contributed by atoms with Gasteiger partial charge in [-0.05, 0) is 30.5 Å². The maximum Gasteiger partial charge on any atom is 0.161 e. The molecule has 0 aliphatic heterocycles. The second kappa shape index (κ2) is 4.22. The number of hydrogen-bond acceptors (Lipinski definition) is 3. The van der Waals surface area contributed by atoms with Crippen LogP contribution in [0.3, 0.4) is 0 Å². The van der Waals surface area contributed by atoms with Crippen molar-refractivity contribution >= 4 is 0 Å². The van der Waals surface area contributed by atoms with Gasteiger partial charge in [-0.25, -0.2) is 0 Å². The Morgan fingerprint density at radius 1 is 1.40 bits per heavy atom. The molecule has 1 aromatic rings. The first-order chi connectivity index (χ1) is 7.33. The fourth-order valence-electron chi connectivity index (χ4n) is 1.38. The van der Waals surface area contributed by atoms with Crippen LogP contribution in [0.4, 0.5) is 0 Å². The summed E-state index contributed by atoms with van der Waals surface area (Å²) in [7, 11) is 1.62. The lowest BCUT2D eigenvalue weighted by Crippen LogP contribution is -1.99. The molecule has 0 aromatic heterocycles. The highest BCUT2D eigenvalue weighted by atomic mass is 16.5. The highest BCUT2D eigenvalue weighted by Gasteiger charge is 2.24. The minimum atomic E-state index is 0.344. The number of nitriles is 1. The molecule has 0 saturated heterocycles. The molecule has 78 valence electrons. The van der Waals surface area contributed by atoms with Gasteiger partial charge in [0, 0.05) is 0 Å². The van der Waals surface area contributed by atoms with Gasteiger partial charge in [0.2, 0.25) is 0 Å². The Labute approximate surface area is 89.2 Å². The van der Waals surface area contributed by atoms with E-state index in [0.717, 1.165) is 29.9 Å². The molecule has 0 unspecified atom stereocenters. The Kier molecular flexibility index (Phi) is 2.77. The lowest BCUT2D eigenvalue weighted by atomic mass is 10.1. The van der Waals surface area contributed by atoms with E-state index in [9.17, 15) is 0 Å². The van der Waals surface area contributed by atoms with Crippen LogP contribution in [0.15, 0.2) is 18.2 Å². The van der Waals surface area contributed by atoms with Crippen LogP contribution in [0.25, 0.3) is 0 Å². The summed E-state index contributed by atoms with van der Waals surface area (Å²) in [4.78, 5) is 0. The van der Waals surface area contributed by atoms with E-state index in [-0.39, 0.29) is 0 Å². The van der Waals surface area contributed by atoms with Crippen LogP contribution >= 0.6 is 0 Å². The average Bonchev–Trinajstić information content (AvgIpc) is 3.03. The minimum Gasteiger partial charge on any atom is -0.493 e. The topological polar surface area (TPSA) is 42.2 Å². The van der Waals surface area contributed by atoms with E-state index < -0.39 is 0 Å². The predicted octanol–water partition coefficient (Wildman–Crippen LogP) is 2.30. The summed E-state index contributed by atoms with van der Waals surface area (Å²) >= 11 is 0. The zero-order valence-electron chi connectivity index (χ0n) is 8.69. The van der Waals surface area contributed by atoms with E-state index in [2.05, 4.69) is 6.07 Å². The third kappa shape index (κ3) is 2.41. The summed E-state index contributed by atoms with van der Waals surface area (Å²) in [5.74, 6) is 1.50. The Morgan fingerprint density at radius 2 is 2.20 bits per heavy atom. The summed E-state index contributed by atoms with van der Waals surface area (Å²) in [5.41, 5.74) is 0.967. The molecule has 2 rings (SSSR count). The van der Waals surface area contributed by atoms with Gasteiger partial charge in [-0.15, -0.1) is 0 Å². The Hall–Kier alpha value is -1.69. The number of benzene rings is 1. The lowest BCUT2D eigenvalue weighted by Gasteiger charge is -2.10. The Morgan fingerprint density at radius 3 is 2.80 bits per heavy atom. The van der Waals surface area contributed by atoms with E-state index >= 15 is 0 Å². The van der Waals surface area contributed by atoms with Crippen LogP contribution in [0.1, 0.15) is 18.4 Å². The first-order valence-corrected chi connectivity index (χ1v) is 5.04. The SMILES string of the molecule is COc1ccc(CC#N)cc1OC1CC1. The largest absolute Gasteiger partial charge is 0.493 e. The summed E-state index contributed by atoms with van der Waals surface area (Å²) in [5, 5.41) is 8.61. The molecule has 0 amide bonds. The summed E-state index contributed by atoms with van der Waals surface area (Å²) < 4.78 is 10.9. The van der Waals surface area contributed by atoms with Gasteiger partial charge in [-0.3, -0.25) is 0 Å². The standard InChI is InChI=1S/C12H13NO2/c1-14-11-5-2-9(6-7-13)8-12(11)15-10-3-4-10/h2,5,8,10H,3-4,6H2,1H3. The fraction of sp³-hybridized carbons (Fsp3) is 0.417. The van der Waals surface area contributed by atoms with Gasteiger partial charge in [0.25, 0.3) is 0 Å². The van der Waals surface area contributed by atoms with Crippen molar-refractivity contribution < 1.29 is 9.47 Å². The second-order valence-corrected chi connectivity index (χ2v) is 3.64. The molecule has 3 nitrogen and oxygen atoms in total. The molecular weight excluding hydrogens is 190 g/mol. The molecule has 0 spiro atoms. The van der Waals surface area contributed by atoms with Crippen LogP contribution in [0.5, 0.6) is 11.5 Å². The van der Waals surface area contributed by atoms with Crippen molar-refractivity contribution in [3.05, 3.63) is 23.8 Å².